The lowest BCUT2D eigenvalue weighted by Gasteiger charge is -2.32. The molecule has 0 aliphatic carbocycles. The molecule has 0 unspecified atom stereocenters. The first kappa shape index (κ1) is 22.0. The molecule has 1 fully saturated rings. The largest absolute Gasteiger partial charge is 0.462 e. The molecule has 1 heterocycles. The highest BCUT2D eigenvalue weighted by Gasteiger charge is 2.30. The number of carbonyl (C=O) groups is 2. The summed E-state index contributed by atoms with van der Waals surface area (Å²) in [5, 5.41) is 2.73. The van der Waals surface area contributed by atoms with Gasteiger partial charge in [0, 0.05) is 23.8 Å². The van der Waals surface area contributed by atoms with Crippen molar-refractivity contribution in [3.63, 3.8) is 0 Å². The number of ether oxygens (including phenoxy) is 1. The van der Waals surface area contributed by atoms with Gasteiger partial charge in [0.05, 0.1) is 17.1 Å². The maximum atomic E-state index is 12.9. The third-order valence-corrected chi connectivity index (χ3v) is 7.15. The van der Waals surface area contributed by atoms with Gasteiger partial charge in [-0.3, -0.25) is 4.79 Å². The summed E-state index contributed by atoms with van der Waals surface area (Å²) in [4.78, 5) is 24.4. The van der Waals surface area contributed by atoms with Crippen LogP contribution in [-0.2, 0) is 14.8 Å². The fourth-order valence-corrected chi connectivity index (χ4v) is 5.15. The number of sulfonamides is 1. The van der Waals surface area contributed by atoms with E-state index in [1.807, 2.05) is 6.92 Å². The Balaban J connectivity index is 1.68. The minimum atomic E-state index is -3.57. The Morgan fingerprint density at radius 2 is 1.67 bits per heavy atom. The van der Waals surface area contributed by atoms with Crippen molar-refractivity contribution < 1.29 is 22.7 Å². The summed E-state index contributed by atoms with van der Waals surface area (Å²) in [7, 11) is -3.57. The van der Waals surface area contributed by atoms with Crippen molar-refractivity contribution in [2.45, 2.75) is 44.0 Å². The lowest BCUT2D eigenvalue weighted by atomic mass is 10.1. The second-order valence-electron chi connectivity index (χ2n) is 7.24. The third-order valence-electron chi connectivity index (χ3n) is 5.12. The van der Waals surface area contributed by atoms with Gasteiger partial charge in [0.2, 0.25) is 10.0 Å². The fraction of sp³-hybridized carbons (Fsp3) is 0.364. The smallest absolute Gasteiger partial charge is 0.338 e. The average Bonchev–Trinajstić information content (AvgIpc) is 2.74. The van der Waals surface area contributed by atoms with Gasteiger partial charge in [0.25, 0.3) is 5.91 Å². The Hall–Kier alpha value is -2.71. The van der Waals surface area contributed by atoms with Gasteiger partial charge < -0.3 is 10.1 Å². The molecule has 0 radical (unpaired) electrons. The molecule has 2 aromatic rings. The van der Waals surface area contributed by atoms with E-state index in [0.717, 1.165) is 19.3 Å². The molecular weight excluding hydrogens is 404 g/mol. The van der Waals surface area contributed by atoms with E-state index < -0.39 is 16.0 Å². The molecule has 1 saturated heterocycles. The average molecular weight is 431 g/mol. The van der Waals surface area contributed by atoms with Crippen LogP contribution < -0.4 is 5.32 Å². The summed E-state index contributed by atoms with van der Waals surface area (Å²) in [5.74, 6) is -0.788. The van der Waals surface area contributed by atoms with Gasteiger partial charge in [-0.15, -0.1) is 0 Å². The Bertz CT molecular complexity index is 1000. The molecule has 160 valence electrons. The fourth-order valence-electron chi connectivity index (χ4n) is 3.45. The SMILES string of the molecule is CCOC(=O)c1ccc(NC(=O)c2ccc(S(=O)(=O)N3CCCC[C@H]3C)cc2)cc1. The van der Waals surface area contributed by atoms with Gasteiger partial charge in [-0.05, 0) is 75.2 Å². The highest BCUT2D eigenvalue weighted by atomic mass is 32.2. The number of hydrogen-bond donors (Lipinski definition) is 1. The van der Waals surface area contributed by atoms with E-state index in [0.29, 0.717) is 30.0 Å². The normalized spacial score (nSPS) is 17.3. The molecule has 30 heavy (non-hydrogen) atoms. The number of carbonyl (C=O) groups excluding carboxylic acids is 2. The second-order valence-corrected chi connectivity index (χ2v) is 9.13. The van der Waals surface area contributed by atoms with E-state index in [-0.39, 0.29) is 16.8 Å². The lowest BCUT2D eigenvalue weighted by molar-refractivity contribution is 0.0526. The van der Waals surface area contributed by atoms with Crippen LogP contribution in [-0.4, -0.2) is 43.8 Å². The topological polar surface area (TPSA) is 92.8 Å². The Morgan fingerprint density at radius 1 is 1.03 bits per heavy atom. The molecule has 0 bridgehead atoms. The van der Waals surface area contributed by atoms with Crippen LogP contribution in [0.5, 0.6) is 0 Å². The van der Waals surface area contributed by atoms with Crippen LogP contribution in [0.25, 0.3) is 0 Å². The molecule has 1 atom stereocenters. The van der Waals surface area contributed by atoms with Gasteiger partial charge in [0.15, 0.2) is 0 Å². The zero-order valence-corrected chi connectivity index (χ0v) is 17.9. The first-order chi connectivity index (χ1) is 14.3. The van der Waals surface area contributed by atoms with Crippen molar-refractivity contribution in [2.75, 3.05) is 18.5 Å². The number of hydrogen-bond acceptors (Lipinski definition) is 5. The first-order valence-corrected chi connectivity index (χ1v) is 11.5. The molecule has 1 amide bonds. The van der Waals surface area contributed by atoms with Gasteiger partial charge >= 0.3 is 5.97 Å². The van der Waals surface area contributed by atoms with E-state index in [1.54, 1.807) is 31.2 Å². The number of benzene rings is 2. The highest BCUT2D eigenvalue weighted by molar-refractivity contribution is 7.89. The predicted octanol–water partition coefficient (Wildman–Crippen LogP) is 3.68. The van der Waals surface area contributed by atoms with Gasteiger partial charge in [-0.1, -0.05) is 6.42 Å². The Morgan fingerprint density at radius 3 is 2.27 bits per heavy atom. The predicted molar refractivity (Wildman–Crippen MR) is 114 cm³/mol. The summed E-state index contributed by atoms with van der Waals surface area (Å²) in [5.41, 5.74) is 1.26. The number of rotatable bonds is 6. The Labute approximate surface area is 177 Å². The van der Waals surface area contributed by atoms with Crippen LogP contribution in [0.15, 0.2) is 53.4 Å². The number of piperidine rings is 1. The molecular formula is C22H26N2O5S. The van der Waals surface area contributed by atoms with Crippen molar-refractivity contribution in [1.29, 1.82) is 0 Å². The minimum Gasteiger partial charge on any atom is -0.462 e. The number of anilines is 1. The van der Waals surface area contributed by atoms with E-state index in [1.165, 1.54) is 28.6 Å². The van der Waals surface area contributed by atoms with Crippen LogP contribution in [0.2, 0.25) is 0 Å². The van der Waals surface area contributed by atoms with Crippen molar-refractivity contribution in [3.8, 4) is 0 Å². The summed E-state index contributed by atoms with van der Waals surface area (Å²) in [6.45, 7) is 4.47. The van der Waals surface area contributed by atoms with Crippen LogP contribution >= 0.6 is 0 Å². The maximum absolute atomic E-state index is 12.9. The molecule has 0 saturated carbocycles. The summed E-state index contributed by atoms with van der Waals surface area (Å²) in [6, 6.07) is 12.3. The molecule has 1 N–H and O–H groups in total. The summed E-state index contributed by atoms with van der Waals surface area (Å²) in [6.07, 6.45) is 2.75. The minimum absolute atomic E-state index is 0.0238. The van der Waals surface area contributed by atoms with Crippen molar-refractivity contribution in [3.05, 3.63) is 59.7 Å². The van der Waals surface area contributed by atoms with E-state index in [4.69, 9.17) is 4.74 Å². The van der Waals surface area contributed by atoms with E-state index >= 15 is 0 Å². The summed E-state index contributed by atoms with van der Waals surface area (Å²) >= 11 is 0. The lowest BCUT2D eigenvalue weighted by Crippen LogP contribution is -2.41. The van der Waals surface area contributed by atoms with Crippen LogP contribution in [0, 0.1) is 0 Å². The quantitative estimate of drug-likeness (QED) is 0.706. The van der Waals surface area contributed by atoms with Crippen molar-refractivity contribution >= 4 is 27.6 Å². The molecule has 0 spiro atoms. The first-order valence-electron chi connectivity index (χ1n) is 10.0. The number of nitrogens with one attached hydrogen (secondary N) is 1. The monoisotopic (exact) mass is 430 g/mol. The highest BCUT2D eigenvalue weighted by Crippen LogP contribution is 2.25. The third kappa shape index (κ3) is 4.88. The second kappa shape index (κ2) is 9.40. The molecule has 7 nitrogen and oxygen atoms in total. The molecule has 8 heteroatoms. The summed E-state index contributed by atoms with van der Waals surface area (Å²) < 4.78 is 32.2. The van der Waals surface area contributed by atoms with E-state index in [2.05, 4.69) is 5.32 Å². The zero-order chi connectivity index (χ0) is 21.7. The number of esters is 1. The Kier molecular flexibility index (Phi) is 6.89. The van der Waals surface area contributed by atoms with Crippen molar-refractivity contribution in [2.24, 2.45) is 0 Å². The van der Waals surface area contributed by atoms with Gasteiger partial charge in [-0.25, -0.2) is 13.2 Å². The zero-order valence-electron chi connectivity index (χ0n) is 17.1. The molecule has 1 aliphatic rings. The molecule has 2 aromatic carbocycles. The molecule has 3 rings (SSSR count). The molecule has 0 aromatic heterocycles. The molecule has 1 aliphatic heterocycles. The van der Waals surface area contributed by atoms with Crippen LogP contribution in [0.4, 0.5) is 5.69 Å². The van der Waals surface area contributed by atoms with Crippen LogP contribution in [0.3, 0.4) is 0 Å². The number of nitrogens with zero attached hydrogens (tertiary/aromatic N) is 1. The van der Waals surface area contributed by atoms with E-state index in [9.17, 15) is 18.0 Å². The van der Waals surface area contributed by atoms with Crippen molar-refractivity contribution in [1.82, 2.24) is 4.31 Å². The maximum Gasteiger partial charge on any atom is 0.338 e. The van der Waals surface area contributed by atoms with Crippen LogP contribution in [0.1, 0.15) is 53.8 Å². The standard InChI is InChI=1S/C22H26N2O5S/c1-3-29-22(26)18-7-11-19(12-8-18)23-21(25)17-9-13-20(14-10-17)30(27,28)24-15-5-4-6-16(24)2/h7-14,16H,3-6,15H2,1-2H3,(H,23,25)/t16-/m1/s1. The van der Waals surface area contributed by atoms with Gasteiger partial charge in [-0.2, -0.15) is 4.31 Å². The van der Waals surface area contributed by atoms with Gasteiger partial charge in [0.1, 0.15) is 0 Å². The number of amides is 1.